The predicted octanol–water partition coefficient (Wildman–Crippen LogP) is 5.28. The Labute approximate surface area is 132 Å². The summed E-state index contributed by atoms with van der Waals surface area (Å²) >= 11 is 6.04. The van der Waals surface area contributed by atoms with E-state index in [9.17, 15) is 0 Å². The molecule has 1 nitrogen and oxygen atoms in total. The zero-order chi connectivity index (χ0) is 13.0. The first-order chi connectivity index (χ1) is 8.70. The van der Waals surface area contributed by atoms with Gasteiger partial charge in [0.2, 0.25) is 0 Å². The van der Waals surface area contributed by atoms with Crippen LogP contribution >= 0.6 is 38.5 Å². The van der Waals surface area contributed by atoms with Gasteiger partial charge < -0.3 is 5.32 Å². The van der Waals surface area contributed by atoms with Gasteiger partial charge in [0.25, 0.3) is 0 Å². The van der Waals surface area contributed by atoms with Crippen molar-refractivity contribution >= 4 is 38.5 Å². The first-order valence-electron chi connectivity index (χ1n) is 6.83. The molecule has 1 unspecified atom stereocenters. The molecule has 1 atom stereocenters. The maximum atomic E-state index is 3.59. The number of nitrogens with one attached hydrogen (secondary N) is 1. The molecule has 1 saturated carbocycles. The standard InChI is InChI=1S/C15H21BrIN/c1-18-15(9-11-5-3-2-4-6-11)13-10-12(16)7-8-14(13)17/h7-8,10-11,15,18H,2-6,9H2,1H3. The zero-order valence-electron chi connectivity index (χ0n) is 10.9. The summed E-state index contributed by atoms with van der Waals surface area (Å²) in [5, 5.41) is 3.51. The quantitative estimate of drug-likeness (QED) is 0.651. The summed E-state index contributed by atoms with van der Waals surface area (Å²) in [6, 6.07) is 7.09. The van der Waals surface area contributed by atoms with E-state index in [-0.39, 0.29) is 0 Å². The van der Waals surface area contributed by atoms with Crippen LogP contribution in [-0.4, -0.2) is 7.05 Å². The average molecular weight is 422 g/mol. The van der Waals surface area contributed by atoms with Crippen LogP contribution in [0.1, 0.15) is 50.1 Å². The molecule has 1 aliphatic rings. The van der Waals surface area contributed by atoms with Gasteiger partial charge in [-0.2, -0.15) is 0 Å². The summed E-state index contributed by atoms with van der Waals surface area (Å²) in [6.45, 7) is 0. The van der Waals surface area contributed by atoms with E-state index in [2.05, 4.69) is 69.1 Å². The third-order valence-corrected chi connectivity index (χ3v) is 5.45. The second-order valence-electron chi connectivity index (χ2n) is 5.25. The predicted molar refractivity (Wildman–Crippen MR) is 89.9 cm³/mol. The van der Waals surface area contributed by atoms with Crippen molar-refractivity contribution in [3.63, 3.8) is 0 Å². The highest BCUT2D eigenvalue weighted by Crippen LogP contribution is 2.34. The van der Waals surface area contributed by atoms with Crippen LogP contribution in [0.3, 0.4) is 0 Å². The molecule has 2 rings (SSSR count). The maximum absolute atomic E-state index is 3.59. The summed E-state index contributed by atoms with van der Waals surface area (Å²) in [4.78, 5) is 0. The fraction of sp³-hybridized carbons (Fsp3) is 0.600. The third-order valence-electron chi connectivity index (χ3n) is 3.98. The van der Waals surface area contributed by atoms with Crippen molar-refractivity contribution in [3.8, 4) is 0 Å². The van der Waals surface area contributed by atoms with Crippen LogP contribution in [-0.2, 0) is 0 Å². The first kappa shape index (κ1) is 14.8. The molecule has 0 aromatic heterocycles. The van der Waals surface area contributed by atoms with E-state index in [1.54, 1.807) is 0 Å². The Bertz CT molecular complexity index is 388. The second kappa shape index (κ2) is 7.25. The minimum Gasteiger partial charge on any atom is -0.313 e. The monoisotopic (exact) mass is 421 g/mol. The van der Waals surface area contributed by atoms with Crippen LogP contribution in [0.5, 0.6) is 0 Å². The Morgan fingerprint density at radius 2 is 2.06 bits per heavy atom. The minimum absolute atomic E-state index is 0.498. The number of hydrogen-bond acceptors (Lipinski definition) is 1. The number of halogens is 2. The molecule has 0 spiro atoms. The Hall–Kier alpha value is 0.390. The van der Waals surface area contributed by atoms with Crippen molar-refractivity contribution in [3.05, 3.63) is 31.8 Å². The van der Waals surface area contributed by atoms with Crippen LogP contribution in [0.25, 0.3) is 0 Å². The number of benzene rings is 1. The molecule has 0 radical (unpaired) electrons. The Morgan fingerprint density at radius 3 is 2.72 bits per heavy atom. The van der Waals surface area contributed by atoms with E-state index in [1.165, 1.54) is 52.1 Å². The summed E-state index contributed by atoms with van der Waals surface area (Å²) in [5.41, 5.74) is 1.44. The van der Waals surface area contributed by atoms with Crippen LogP contribution in [0.4, 0.5) is 0 Å². The minimum atomic E-state index is 0.498. The van der Waals surface area contributed by atoms with Gasteiger partial charge >= 0.3 is 0 Å². The lowest BCUT2D eigenvalue weighted by Gasteiger charge is -2.27. The molecule has 1 N–H and O–H groups in total. The maximum Gasteiger partial charge on any atom is 0.0331 e. The molecule has 0 heterocycles. The van der Waals surface area contributed by atoms with Gasteiger partial charge in [0.15, 0.2) is 0 Å². The fourth-order valence-corrected chi connectivity index (χ4v) is 4.03. The number of rotatable bonds is 4. The normalized spacial score (nSPS) is 18.8. The molecular weight excluding hydrogens is 401 g/mol. The molecule has 100 valence electrons. The van der Waals surface area contributed by atoms with Gasteiger partial charge in [-0.1, -0.05) is 48.0 Å². The Kier molecular flexibility index (Phi) is 5.96. The van der Waals surface area contributed by atoms with E-state index < -0.39 is 0 Å². The fourth-order valence-electron chi connectivity index (χ4n) is 2.94. The third kappa shape index (κ3) is 3.94. The molecule has 1 aromatic rings. The Balaban J connectivity index is 2.09. The molecule has 0 amide bonds. The van der Waals surface area contributed by atoms with Crippen molar-refractivity contribution in [2.45, 2.75) is 44.6 Å². The van der Waals surface area contributed by atoms with Gasteiger partial charge in [0, 0.05) is 14.1 Å². The van der Waals surface area contributed by atoms with E-state index in [1.807, 2.05) is 0 Å². The SMILES string of the molecule is CNC(CC1CCCCC1)c1cc(Br)ccc1I. The first-order valence-corrected chi connectivity index (χ1v) is 8.70. The molecule has 18 heavy (non-hydrogen) atoms. The van der Waals surface area contributed by atoms with Crippen LogP contribution < -0.4 is 5.32 Å². The summed E-state index contributed by atoms with van der Waals surface area (Å²) in [6.07, 6.45) is 8.41. The molecule has 3 heteroatoms. The van der Waals surface area contributed by atoms with Gasteiger partial charge in [-0.05, 0) is 65.7 Å². The second-order valence-corrected chi connectivity index (χ2v) is 7.32. The summed E-state index contributed by atoms with van der Waals surface area (Å²) in [5.74, 6) is 0.908. The van der Waals surface area contributed by atoms with Gasteiger partial charge in [0.05, 0.1) is 0 Å². The molecule has 0 saturated heterocycles. The molecule has 0 bridgehead atoms. The molecule has 1 aromatic carbocycles. The van der Waals surface area contributed by atoms with Gasteiger partial charge in [-0.15, -0.1) is 0 Å². The Morgan fingerprint density at radius 1 is 1.33 bits per heavy atom. The van der Waals surface area contributed by atoms with E-state index >= 15 is 0 Å². The van der Waals surface area contributed by atoms with E-state index in [0.717, 1.165) is 5.92 Å². The van der Waals surface area contributed by atoms with Crippen LogP contribution in [0, 0.1) is 9.49 Å². The topological polar surface area (TPSA) is 12.0 Å². The van der Waals surface area contributed by atoms with Crippen molar-refractivity contribution in [1.82, 2.24) is 5.32 Å². The smallest absolute Gasteiger partial charge is 0.0331 e. The van der Waals surface area contributed by atoms with Crippen LogP contribution in [0.2, 0.25) is 0 Å². The highest BCUT2D eigenvalue weighted by Gasteiger charge is 2.20. The van der Waals surface area contributed by atoms with E-state index in [0.29, 0.717) is 6.04 Å². The molecule has 1 fully saturated rings. The molecular formula is C15H21BrIN. The molecule has 1 aliphatic carbocycles. The summed E-state index contributed by atoms with van der Waals surface area (Å²) < 4.78 is 2.55. The average Bonchev–Trinajstić information content (AvgIpc) is 2.40. The van der Waals surface area contributed by atoms with E-state index in [4.69, 9.17) is 0 Å². The largest absolute Gasteiger partial charge is 0.313 e. The lowest BCUT2D eigenvalue weighted by Crippen LogP contribution is -2.22. The van der Waals surface area contributed by atoms with Crippen molar-refractivity contribution < 1.29 is 0 Å². The van der Waals surface area contributed by atoms with Crippen molar-refractivity contribution in [2.75, 3.05) is 7.05 Å². The lowest BCUT2D eigenvalue weighted by atomic mass is 9.83. The van der Waals surface area contributed by atoms with Gasteiger partial charge in [-0.3, -0.25) is 0 Å². The zero-order valence-corrected chi connectivity index (χ0v) is 14.6. The van der Waals surface area contributed by atoms with Crippen LogP contribution in [0.15, 0.2) is 22.7 Å². The number of hydrogen-bond donors (Lipinski definition) is 1. The highest BCUT2D eigenvalue weighted by atomic mass is 127. The lowest BCUT2D eigenvalue weighted by molar-refractivity contribution is 0.305. The summed E-state index contributed by atoms with van der Waals surface area (Å²) in [7, 11) is 2.09. The highest BCUT2D eigenvalue weighted by molar-refractivity contribution is 14.1. The van der Waals surface area contributed by atoms with Gasteiger partial charge in [0.1, 0.15) is 0 Å². The molecule has 0 aliphatic heterocycles. The van der Waals surface area contributed by atoms with Crippen molar-refractivity contribution in [1.29, 1.82) is 0 Å². The van der Waals surface area contributed by atoms with Gasteiger partial charge in [-0.25, -0.2) is 0 Å². The van der Waals surface area contributed by atoms with Crippen molar-refractivity contribution in [2.24, 2.45) is 5.92 Å².